The first-order chi connectivity index (χ1) is 7.97. The second-order valence-electron chi connectivity index (χ2n) is 5.74. The highest BCUT2D eigenvalue weighted by Gasteiger charge is 2.31. The summed E-state index contributed by atoms with van der Waals surface area (Å²) in [7, 11) is 3.65. The Morgan fingerprint density at radius 2 is 2.12 bits per heavy atom. The van der Waals surface area contributed by atoms with Crippen molar-refractivity contribution < 1.29 is 4.79 Å². The van der Waals surface area contributed by atoms with Crippen molar-refractivity contribution in [1.29, 1.82) is 0 Å². The minimum atomic E-state index is 0.202. The van der Waals surface area contributed by atoms with Crippen LogP contribution < -0.4 is 5.32 Å². The number of nitrogens with one attached hydrogen (secondary N) is 1. The van der Waals surface area contributed by atoms with E-state index in [0.29, 0.717) is 12.0 Å². The molecule has 100 valence electrons. The van der Waals surface area contributed by atoms with Crippen LogP contribution in [0, 0.1) is 5.41 Å². The van der Waals surface area contributed by atoms with E-state index in [1.807, 2.05) is 14.1 Å². The molecule has 0 bridgehead atoms. The topological polar surface area (TPSA) is 35.6 Å². The summed E-state index contributed by atoms with van der Waals surface area (Å²) in [6, 6.07) is 0. The van der Waals surface area contributed by atoms with Gasteiger partial charge < -0.3 is 10.2 Å². The number of hydrogen-bond acceptors (Lipinski definition) is 3. The summed E-state index contributed by atoms with van der Waals surface area (Å²) in [6.07, 6.45) is 2.31. The van der Waals surface area contributed by atoms with E-state index >= 15 is 0 Å². The van der Waals surface area contributed by atoms with Crippen molar-refractivity contribution in [3.63, 3.8) is 0 Å². The summed E-state index contributed by atoms with van der Waals surface area (Å²) in [5.74, 6) is 0.202. The van der Waals surface area contributed by atoms with Crippen LogP contribution in [0.15, 0.2) is 0 Å². The first-order valence-corrected chi connectivity index (χ1v) is 6.60. The molecule has 0 spiro atoms. The average Bonchev–Trinajstić information content (AvgIpc) is 2.65. The van der Waals surface area contributed by atoms with E-state index < -0.39 is 0 Å². The van der Waals surface area contributed by atoms with Crippen LogP contribution in [0.4, 0.5) is 0 Å². The number of carbonyl (C=O) groups is 1. The van der Waals surface area contributed by atoms with Crippen LogP contribution in [0.25, 0.3) is 0 Å². The van der Waals surface area contributed by atoms with Gasteiger partial charge in [-0.15, -0.1) is 0 Å². The van der Waals surface area contributed by atoms with Crippen LogP contribution in [0.2, 0.25) is 0 Å². The Kier molecular flexibility index (Phi) is 5.40. The Bertz CT molecular complexity index is 247. The summed E-state index contributed by atoms with van der Waals surface area (Å²) >= 11 is 0. The molecule has 1 atom stereocenters. The molecule has 1 amide bonds. The van der Waals surface area contributed by atoms with Crippen LogP contribution in [0.3, 0.4) is 0 Å². The lowest BCUT2D eigenvalue weighted by Crippen LogP contribution is -2.43. The third-order valence-corrected chi connectivity index (χ3v) is 3.46. The van der Waals surface area contributed by atoms with Crippen LogP contribution in [-0.2, 0) is 4.79 Å². The van der Waals surface area contributed by atoms with Crippen molar-refractivity contribution in [3.05, 3.63) is 0 Å². The predicted octanol–water partition coefficient (Wildman–Crippen LogP) is 0.786. The lowest BCUT2D eigenvalue weighted by atomic mass is 9.89. The molecule has 4 heteroatoms. The van der Waals surface area contributed by atoms with Gasteiger partial charge >= 0.3 is 0 Å². The quantitative estimate of drug-likeness (QED) is 0.747. The number of nitrogens with zero attached hydrogens (tertiary/aromatic N) is 2. The molecule has 1 unspecified atom stereocenters. The van der Waals surface area contributed by atoms with Crippen molar-refractivity contribution >= 4 is 5.91 Å². The SMILES string of the molecule is CCCN(CC(=O)N(C)C)CC1(C)CCNC1. The maximum absolute atomic E-state index is 11.8. The molecule has 1 N–H and O–H groups in total. The number of amides is 1. The Balaban J connectivity index is 2.50. The summed E-state index contributed by atoms with van der Waals surface area (Å²) < 4.78 is 0. The maximum Gasteiger partial charge on any atom is 0.236 e. The van der Waals surface area contributed by atoms with E-state index in [9.17, 15) is 4.79 Å². The molecule has 1 saturated heterocycles. The van der Waals surface area contributed by atoms with Gasteiger partial charge in [-0.3, -0.25) is 9.69 Å². The van der Waals surface area contributed by atoms with Crippen LogP contribution in [0.1, 0.15) is 26.7 Å². The number of rotatable bonds is 6. The van der Waals surface area contributed by atoms with Crippen LogP contribution in [0.5, 0.6) is 0 Å². The lowest BCUT2D eigenvalue weighted by molar-refractivity contribution is -0.130. The zero-order valence-corrected chi connectivity index (χ0v) is 11.8. The average molecular weight is 241 g/mol. The molecule has 0 aromatic carbocycles. The third-order valence-electron chi connectivity index (χ3n) is 3.46. The van der Waals surface area contributed by atoms with Crippen molar-refractivity contribution in [2.24, 2.45) is 5.41 Å². The molecule has 1 heterocycles. The second-order valence-corrected chi connectivity index (χ2v) is 5.74. The Hall–Kier alpha value is -0.610. The molecular formula is C13H27N3O. The van der Waals surface area contributed by atoms with Gasteiger partial charge in [0.1, 0.15) is 0 Å². The fourth-order valence-electron chi connectivity index (χ4n) is 2.41. The number of likely N-dealkylation sites (N-methyl/N-ethyl adjacent to an activating group) is 1. The van der Waals surface area contributed by atoms with Crippen molar-refractivity contribution in [2.45, 2.75) is 26.7 Å². The molecule has 1 aliphatic heterocycles. The zero-order valence-electron chi connectivity index (χ0n) is 11.8. The molecule has 0 aromatic rings. The van der Waals surface area contributed by atoms with E-state index in [1.165, 1.54) is 6.42 Å². The largest absolute Gasteiger partial charge is 0.348 e. The first kappa shape index (κ1) is 14.5. The summed E-state index contributed by atoms with van der Waals surface area (Å²) in [6.45, 7) is 9.25. The van der Waals surface area contributed by atoms with E-state index in [-0.39, 0.29) is 5.91 Å². The van der Waals surface area contributed by atoms with Crippen molar-refractivity contribution in [1.82, 2.24) is 15.1 Å². The summed E-state index contributed by atoms with van der Waals surface area (Å²) in [5.41, 5.74) is 0.335. The first-order valence-electron chi connectivity index (χ1n) is 6.60. The molecule has 17 heavy (non-hydrogen) atoms. The predicted molar refractivity (Wildman–Crippen MR) is 71.0 cm³/mol. The molecular weight excluding hydrogens is 214 g/mol. The minimum absolute atomic E-state index is 0.202. The highest BCUT2D eigenvalue weighted by molar-refractivity contribution is 5.77. The Labute approximate surface area is 105 Å². The molecule has 1 aliphatic rings. The number of hydrogen-bond donors (Lipinski definition) is 1. The monoisotopic (exact) mass is 241 g/mol. The zero-order chi connectivity index (χ0) is 12.9. The van der Waals surface area contributed by atoms with E-state index in [0.717, 1.165) is 32.6 Å². The normalized spacial score (nSPS) is 24.3. The Morgan fingerprint density at radius 3 is 2.59 bits per heavy atom. The van der Waals surface area contributed by atoms with Gasteiger partial charge in [0.15, 0.2) is 0 Å². The molecule has 1 fully saturated rings. The fraction of sp³-hybridized carbons (Fsp3) is 0.923. The molecule has 0 aliphatic carbocycles. The van der Waals surface area contributed by atoms with Gasteiger partial charge in [0.25, 0.3) is 0 Å². The second kappa shape index (κ2) is 6.36. The molecule has 4 nitrogen and oxygen atoms in total. The van der Waals surface area contributed by atoms with Crippen LogP contribution >= 0.6 is 0 Å². The van der Waals surface area contributed by atoms with E-state index in [2.05, 4.69) is 24.1 Å². The molecule has 1 rings (SSSR count). The van der Waals surface area contributed by atoms with Crippen molar-refractivity contribution in [2.75, 3.05) is 46.8 Å². The van der Waals surface area contributed by atoms with Gasteiger partial charge in [-0.2, -0.15) is 0 Å². The standard InChI is InChI=1S/C13H27N3O/c1-5-8-16(9-12(17)15(3)4)11-13(2)6-7-14-10-13/h14H,5-11H2,1-4H3. The summed E-state index contributed by atoms with van der Waals surface area (Å²) in [5, 5.41) is 3.41. The maximum atomic E-state index is 11.8. The fourth-order valence-corrected chi connectivity index (χ4v) is 2.41. The van der Waals surface area contributed by atoms with Crippen LogP contribution in [-0.4, -0.2) is 62.5 Å². The molecule has 0 aromatic heterocycles. The van der Waals surface area contributed by atoms with Gasteiger partial charge in [0.2, 0.25) is 5.91 Å². The lowest BCUT2D eigenvalue weighted by Gasteiger charge is -2.32. The highest BCUT2D eigenvalue weighted by atomic mass is 16.2. The van der Waals surface area contributed by atoms with Gasteiger partial charge in [-0.25, -0.2) is 0 Å². The van der Waals surface area contributed by atoms with Gasteiger partial charge in [0, 0.05) is 27.2 Å². The van der Waals surface area contributed by atoms with Gasteiger partial charge in [-0.05, 0) is 31.3 Å². The Morgan fingerprint density at radius 1 is 1.41 bits per heavy atom. The summed E-state index contributed by atoms with van der Waals surface area (Å²) in [4.78, 5) is 15.8. The molecule has 0 radical (unpaired) electrons. The minimum Gasteiger partial charge on any atom is -0.348 e. The number of carbonyl (C=O) groups excluding carboxylic acids is 1. The van der Waals surface area contributed by atoms with E-state index in [4.69, 9.17) is 0 Å². The highest BCUT2D eigenvalue weighted by Crippen LogP contribution is 2.25. The third kappa shape index (κ3) is 4.64. The smallest absolute Gasteiger partial charge is 0.236 e. The molecule has 0 saturated carbocycles. The van der Waals surface area contributed by atoms with E-state index in [1.54, 1.807) is 4.90 Å². The van der Waals surface area contributed by atoms with Gasteiger partial charge in [-0.1, -0.05) is 13.8 Å². The van der Waals surface area contributed by atoms with Gasteiger partial charge in [0.05, 0.1) is 6.54 Å². The van der Waals surface area contributed by atoms with Crippen molar-refractivity contribution in [3.8, 4) is 0 Å².